The molecule has 26 heavy (non-hydrogen) atoms. The number of aryl methyl sites for hydroxylation is 2. The van der Waals surface area contributed by atoms with E-state index in [-0.39, 0.29) is 5.41 Å². The van der Waals surface area contributed by atoms with Gasteiger partial charge in [0.2, 0.25) is 0 Å². The second-order valence-corrected chi connectivity index (χ2v) is 8.07. The van der Waals surface area contributed by atoms with Gasteiger partial charge in [0.05, 0.1) is 13.2 Å². The fourth-order valence-electron chi connectivity index (χ4n) is 4.16. The first-order valence-corrected chi connectivity index (χ1v) is 10.0. The highest BCUT2D eigenvalue weighted by molar-refractivity contribution is 5.92. The third-order valence-electron chi connectivity index (χ3n) is 5.94. The molecule has 1 aromatic carbocycles. The maximum Gasteiger partial charge on any atom is 0.193 e. The minimum Gasteiger partial charge on any atom is -0.379 e. The summed E-state index contributed by atoms with van der Waals surface area (Å²) in [6.07, 6.45) is 6.48. The van der Waals surface area contributed by atoms with Gasteiger partial charge in [-0.2, -0.15) is 0 Å². The SMILES string of the molecule is Cc1ccc(NC(N)=NCC2(CN3CCOCC3)CCCCC2)cc1C. The zero-order valence-electron chi connectivity index (χ0n) is 16.4. The van der Waals surface area contributed by atoms with Crippen LogP contribution in [0.1, 0.15) is 43.2 Å². The number of hydrogen-bond donors (Lipinski definition) is 2. The molecular weight excluding hydrogens is 324 g/mol. The van der Waals surface area contributed by atoms with E-state index in [2.05, 4.69) is 42.3 Å². The van der Waals surface area contributed by atoms with Crippen LogP contribution in [0.15, 0.2) is 23.2 Å². The number of nitrogens with one attached hydrogen (secondary N) is 1. The molecule has 5 nitrogen and oxygen atoms in total. The van der Waals surface area contributed by atoms with Crippen molar-refractivity contribution in [3.63, 3.8) is 0 Å². The van der Waals surface area contributed by atoms with Crippen LogP contribution in [0.25, 0.3) is 0 Å². The van der Waals surface area contributed by atoms with Crippen LogP contribution in [-0.2, 0) is 4.74 Å². The lowest BCUT2D eigenvalue weighted by Crippen LogP contribution is -2.46. The van der Waals surface area contributed by atoms with Gasteiger partial charge in [-0.05, 0) is 49.9 Å². The highest BCUT2D eigenvalue weighted by atomic mass is 16.5. The Morgan fingerprint density at radius 3 is 2.58 bits per heavy atom. The molecule has 0 radical (unpaired) electrons. The molecule has 1 aromatic rings. The molecule has 3 N–H and O–H groups in total. The molecular formula is C21H34N4O. The van der Waals surface area contributed by atoms with Crippen LogP contribution in [0.2, 0.25) is 0 Å². The van der Waals surface area contributed by atoms with Crippen LogP contribution in [0.3, 0.4) is 0 Å². The second kappa shape index (κ2) is 8.87. The third kappa shape index (κ3) is 5.21. The molecule has 1 saturated heterocycles. The predicted octanol–water partition coefficient (Wildman–Crippen LogP) is 3.31. The molecule has 0 spiro atoms. The summed E-state index contributed by atoms with van der Waals surface area (Å²) in [6, 6.07) is 6.31. The lowest BCUT2D eigenvalue weighted by Gasteiger charge is -2.41. The largest absolute Gasteiger partial charge is 0.379 e. The number of nitrogens with zero attached hydrogens (tertiary/aromatic N) is 2. The van der Waals surface area contributed by atoms with Crippen molar-refractivity contribution in [1.82, 2.24) is 4.90 Å². The first kappa shape index (κ1) is 19.2. The van der Waals surface area contributed by atoms with Crippen LogP contribution in [0.4, 0.5) is 5.69 Å². The number of morpholine rings is 1. The number of rotatable bonds is 5. The molecule has 1 aliphatic heterocycles. The van der Waals surface area contributed by atoms with Crippen molar-refractivity contribution >= 4 is 11.6 Å². The van der Waals surface area contributed by atoms with E-state index < -0.39 is 0 Å². The molecule has 1 saturated carbocycles. The summed E-state index contributed by atoms with van der Waals surface area (Å²) in [4.78, 5) is 7.31. The van der Waals surface area contributed by atoms with Crippen molar-refractivity contribution in [2.45, 2.75) is 46.0 Å². The van der Waals surface area contributed by atoms with Gasteiger partial charge in [-0.3, -0.25) is 9.89 Å². The zero-order valence-corrected chi connectivity index (χ0v) is 16.4. The second-order valence-electron chi connectivity index (χ2n) is 8.07. The fraction of sp³-hybridized carbons (Fsp3) is 0.667. The standard InChI is InChI=1S/C21H34N4O/c1-17-6-7-19(14-18(17)2)24-20(22)23-15-21(8-4-3-5-9-21)16-25-10-12-26-13-11-25/h6-7,14H,3-5,8-13,15-16H2,1-2H3,(H3,22,23,24). The smallest absolute Gasteiger partial charge is 0.193 e. The van der Waals surface area contributed by atoms with Crippen molar-refractivity contribution in [1.29, 1.82) is 0 Å². The van der Waals surface area contributed by atoms with Crippen molar-refractivity contribution < 1.29 is 4.74 Å². The molecule has 0 amide bonds. The first-order chi connectivity index (χ1) is 12.6. The molecule has 0 atom stereocenters. The number of hydrogen-bond acceptors (Lipinski definition) is 3. The summed E-state index contributed by atoms with van der Waals surface area (Å²) >= 11 is 0. The molecule has 2 fully saturated rings. The highest BCUT2D eigenvalue weighted by Gasteiger charge is 2.34. The van der Waals surface area contributed by atoms with E-state index in [9.17, 15) is 0 Å². The lowest BCUT2D eigenvalue weighted by atomic mass is 9.73. The van der Waals surface area contributed by atoms with Crippen molar-refractivity contribution in [2.75, 3.05) is 44.7 Å². The Kier molecular flexibility index (Phi) is 6.54. The fourth-order valence-corrected chi connectivity index (χ4v) is 4.16. The van der Waals surface area contributed by atoms with Gasteiger partial charge in [-0.25, -0.2) is 0 Å². The van der Waals surface area contributed by atoms with Crippen LogP contribution in [-0.4, -0.2) is 50.3 Å². The van der Waals surface area contributed by atoms with E-state index in [1.807, 2.05) is 0 Å². The number of benzene rings is 1. The van der Waals surface area contributed by atoms with Crippen LogP contribution in [0.5, 0.6) is 0 Å². The Balaban J connectivity index is 1.63. The van der Waals surface area contributed by atoms with E-state index >= 15 is 0 Å². The van der Waals surface area contributed by atoms with Gasteiger partial charge in [0.15, 0.2) is 5.96 Å². The van der Waals surface area contributed by atoms with E-state index in [0.29, 0.717) is 5.96 Å². The van der Waals surface area contributed by atoms with Crippen LogP contribution in [0, 0.1) is 19.3 Å². The predicted molar refractivity (Wildman–Crippen MR) is 109 cm³/mol. The number of ether oxygens (including phenoxy) is 1. The zero-order chi connectivity index (χ0) is 18.4. The molecule has 0 bridgehead atoms. The average molecular weight is 359 g/mol. The van der Waals surface area contributed by atoms with Crippen LogP contribution >= 0.6 is 0 Å². The van der Waals surface area contributed by atoms with Crippen molar-refractivity contribution in [3.8, 4) is 0 Å². The maximum absolute atomic E-state index is 6.21. The van der Waals surface area contributed by atoms with Crippen molar-refractivity contribution in [3.05, 3.63) is 29.3 Å². The molecule has 144 valence electrons. The van der Waals surface area contributed by atoms with Crippen molar-refractivity contribution in [2.24, 2.45) is 16.1 Å². The molecule has 0 aromatic heterocycles. The number of aliphatic imine (C=N–C) groups is 1. The van der Waals surface area contributed by atoms with E-state index in [4.69, 9.17) is 15.5 Å². The maximum atomic E-state index is 6.21. The number of nitrogens with two attached hydrogens (primary N) is 1. The van der Waals surface area contributed by atoms with Gasteiger partial charge in [-0.1, -0.05) is 25.3 Å². The van der Waals surface area contributed by atoms with Gasteiger partial charge >= 0.3 is 0 Å². The number of anilines is 1. The Hall–Kier alpha value is -1.59. The molecule has 5 heteroatoms. The summed E-state index contributed by atoms with van der Waals surface area (Å²) in [5, 5.41) is 3.26. The van der Waals surface area contributed by atoms with E-state index in [1.165, 1.54) is 43.2 Å². The van der Waals surface area contributed by atoms with E-state index in [0.717, 1.165) is 45.1 Å². The summed E-state index contributed by atoms with van der Waals surface area (Å²) in [5.74, 6) is 0.528. The van der Waals surface area contributed by atoms with E-state index in [1.54, 1.807) is 0 Å². The minimum absolute atomic E-state index is 0.269. The number of guanidine groups is 1. The van der Waals surface area contributed by atoms with Gasteiger partial charge in [-0.15, -0.1) is 0 Å². The Morgan fingerprint density at radius 2 is 1.88 bits per heavy atom. The average Bonchev–Trinajstić information content (AvgIpc) is 2.65. The normalized spacial score (nSPS) is 21.5. The summed E-state index contributed by atoms with van der Waals surface area (Å²) in [5.41, 5.74) is 10.0. The van der Waals surface area contributed by atoms with Gasteiger partial charge < -0.3 is 15.8 Å². The van der Waals surface area contributed by atoms with Crippen LogP contribution < -0.4 is 11.1 Å². The molecule has 1 heterocycles. The molecule has 0 unspecified atom stereocenters. The summed E-state index contributed by atoms with van der Waals surface area (Å²) in [6.45, 7) is 9.97. The monoisotopic (exact) mass is 358 g/mol. The quantitative estimate of drug-likeness (QED) is 0.626. The first-order valence-electron chi connectivity index (χ1n) is 10.0. The molecule has 3 rings (SSSR count). The Morgan fingerprint density at radius 1 is 1.15 bits per heavy atom. The topological polar surface area (TPSA) is 62.9 Å². The molecule has 2 aliphatic rings. The lowest BCUT2D eigenvalue weighted by molar-refractivity contribution is 0.00940. The van der Waals surface area contributed by atoms with Gasteiger partial charge in [0.25, 0.3) is 0 Å². The molecule has 1 aliphatic carbocycles. The Labute approximate surface area is 158 Å². The Bertz CT molecular complexity index is 616. The third-order valence-corrected chi connectivity index (χ3v) is 5.94. The minimum atomic E-state index is 0.269. The summed E-state index contributed by atoms with van der Waals surface area (Å²) < 4.78 is 5.51. The van der Waals surface area contributed by atoms with Gasteiger partial charge in [0.1, 0.15) is 0 Å². The van der Waals surface area contributed by atoms with Gasteiger partial charge in [0, 0.05) is 37.3 Å². The summed E-state index contributed by atoms with van der Waals surface area (Å²) in [7, 11) is 0. The highest BCUT2D eigenvalue weighted by Crippen LogP contribution is 2.37.